The lowest BCUT2D eigenvalue weighted by molar-refractivity contribution is 0.146. The largest absolute Gasteiger partial charge is 0.385 e. The molecule has 14 heavy (non-hydrogen) atoms. The van der Waals surface area contributed by atoms with Gasteiger partial charge in [0.05, 0.1) is 5.60 Å². The Kier molecular flexibility index (Phi) is 3.21. The average Bonchev–Trinajstić information content (AvgIpc) is 2.93. The SMILES string of the molecule is CC.OC1(c2cc(F)ccc2F)CC1. The number of rotatable bonds is 1. The number of hydrogen-bond donors (Lipinski definition) is 1. The van der Waals surface area contributed by atoms with E-state index in [0.717, 1.165) is 18.2 Å². The second-order valence-electron chi connectivity index (χ2n) is 3.16. The van der Waals surface area contributed by atoms with Crippen molar-refractivity contribution < 1.29 is 13.9 Å². The molecular weight excluding hydrogens is 186 g/mol. The van der Waals surface area contributed by atoms with Gasteiger partial charge in [0.15, 0.2) is 0 Å². The Balaban J connectivity index is 0.000000461. The first kappa shape index (κ1) is 11.1. The zero-order valence-electron chi connectivity index (χ0n) is 8.35. The van der Waals surface area contributed by atoms with Gasteiger partial charge in [-0.05, 0) is 31.0 Å². The Morgan fingerprint density at radius 2 is 1.79 bits per heavy atom. The Morgan fingerprint density at radius 1 is 1.21 bits per heavy atom. The maximum absolute atomic E-state index is 13.0. The van der Waals surface area contributed by atoms with Crippen LogP contribution in [0.5, 0.6) is 0 Å². The molecule has 1 aliphatic rings. The van der Waals surface area contributed by atoms with Gasteiger partial charge in [-0.15, -0.1) is 0 Å². The van der Waals surface area contributed by atoms with Crippen LogP contribution in [0.15, 0.2) is 18.2 Å². The van der Waals surface area contributed by atoms with Gasteiger partial charge in [-0.25, -0.2) is 8.78 Å². The highest BCUT2D eigenvalue weighted by Crippen LogP contribution is 2.46. The van der Waals surface area contributed by atoms with E-state index < -0.39 is 17.2 Å². The second-order valence-corrected chi connectivity index (χ2v) is 3.16. The Morgan fingerprint density at radius 3 is 2.29 bits per heavy atom. The second kappa shape index (κ2) is 4.05. The molecule has 1 aromatic rings. The maximum Gasteiger partial charge on any atom is 0.129 e. The van der Waals surface area contributed by atoms with E-state index in [1.54, 1.807) is 0 Å². The van der Waals surface area contributed by atoms with E-state index in [1.807, 2.05) is 13.8 Å². The molecule has 0 heterocycles. The molecule has 0 unspecified atom stereocenters. The summed E-state index contributed by atoms with van der Waals surface area (Å²) in [6, 6.07) is 3.15. The number of hydrogen-bond acceptors (Lipinski definition) is 1. The molecule has 2 rings (SSSR count). The molecule has 1 aromatic carbocycles. The highest BCUT2D eigenvalue weighted by atomic mass is 19.1. The zero-order valence-corrected chi connectivity index (χ0v) is 8.35. The Labute approximate surface area is 82.4 Å². The molecule has 0 atom stereocenters. The molecule has 0 aromatic heterocycles. The van der Waals surface area contributed by atoms with Crippen molar-refractivity contribution in [1.82, 2.24) is 0 Å². The van der Waals surface area contributed by atoms with Crippen LogP contribution in [-0.2, 0) is 5.60 Å². The predicted molar refractivity (Wildman–Crippen MR) is 50.8 cm³/mol. The molecule has 3 heteroatoms. The van der Waals surface area contributed by atoms with Crippen molar-refractivity contribution in [3.05, 3.63) is 35.4 Å². The van der Waals surface area contributed by atoms with Gasteiger partial charge in [0.25, 0.3) is 0 Å². The Bertz CT molecular complexity index is 319. The summed E-state index contributed by atoms with van der Waals surface area (Å²) < 4.78 is 25.6. The van der Waals surface area contributed by atoms with Crippen LogP contribution in [0.3, 0.4) is 0 Å². The highest BCUT2D eigenvalue weighted by molar-refractivity contribution is 5.29. The van der Waals surface area contributed by atoms with Crippen LogP contribution in [0.25, 0.3) is 0 Å². The van der Waals surface area contributed by atoms with Crippen molar-refractivity contribution in [3.8, 4) is 0 Å². The fourth-order valence-electron chi connectivity index (χ4n) is 1.24. The van der Waals surface area contributed by atoms with E-state index in [-0.39, 0.29) is 5.56 Å². The average molecular weight is 200 g/mol. The maximum atomic E-state index is 13.0. The van der Waals surface area contributed by atoms with Crippen molar-refractivity contribution in [2.45, 2.75) is 32.3 Å². The lowest BCUT2D eigenvalue weighted by Gasteiger charge is -2.08. The molecule has 1 N–H and O–H groups in total. The summed E-state index contributed by atoms with van der Waals surface area (Å²) in [5.74, 6) is -1.04. The molecular formula is C11H14F2O. The lowest BCUT2D eigenvalue weighted by atomic mass is 10.1. The molecule has 0 radical (unpaired) electrons. The lowest BCUT2D eigenvalue weighted by Crippen LogP contribution is -2.07. The number of benzene rings is 1. The third-order valence-electron chi connectivity index (χ3n) is 2.15. The molecule has 1 nitrogen and oxygen atoms in total. The van der Waals surface area contributed by atoms with Gasteiger partial charge in [0, 0.05) is 5.56 Å². The first-order valence-electron chi connectivity index (χ1n) is 4.80. The van der Waals surface area contributed by atoms with Crippen LogP contribution in [-0.4, -0.2) is 5.11 Å². The van der Waals surface area contributed by atoms with Crippen molar-refractivity contribution in [2.75, 3.05) is 0 Å². The summed E-state index contributed by atoms with van der Waals surface area (Å²) in [5.41, 5.74) is -1.01. The van der Waals surface area contributed by atoms with Gasteiger partial charge < -0.3 is 5.11 Å². The van der Waals surface area contributed by atoms with E-state index in [2.05, 4.69) is 0 Å². The van der Waals surface area contributed by atoms with Crippen molar-refractivity contribution in [2.24, 2.45) is 0 Å². The first-order valence-corrected chi connectivity index (χ1v) is 4.80. The third kappa shape index (κ3) is 2.10. The van der Waals surface area contributed by atoms with E-state index in [0.29, 0.717) is 12.8 Å². The molecule has 1 saturated carbocycles. The van der Waals surface area contributed by atoms with Crippen LogP contribution >= 0.6 is 0 Å². The predicted octanol–water partition coefficient (Wildman–Crippen LogP) is 2.97. The topological polar surface area (TPSA) is 20.2 Å². The fourth-order valence-corrected chi connectivity index (χ4v) is 1.24. The highest BCUT2D eigenvalue weighted by Gasteiger charge is 2.44. The molecule has 0 spiro atoms. The van der Waals surface area contributed by atoms with Crippen LogP contribution in [0, 0.1) is 11.6 Å². The molecule has 0 amide bonds. The van der Waals surface area contributed by atoms with Crippen LogP contribution in [0.2, 0.25) is 0 Å². The number of halogens is 2. The van der Waals surface area contributed by atoms with Gasteiger partial charge in [-0.3, -0.25) is 0 Å². The van der Waals surface area contributed by atoms with Crippen LogP contribution in [0.1, 0.15) is 32.3 Å². The fraction of sp³-hybridized carbons (Fsp3) is 0.455. The van der Waals surface area contributed by atoms with E-state index in [9.17, 15) is 13.9 Å². The van der Waals surface area contributed by atoms with E-state index >= 15 is 0 Å². The third-order valence-corrected chi connectivity index (χ3v) is 2.15. The van der Waals surface area contributed by atoms with Gasteiger partial charge in [0.2, 0.25) is 0 Å². The number of aliphatic hydroxyl groups is 1. The zero-order chi connectivity index (χ0) is 10.8. The van der Waals surface area contributed by atoms with Crippen molar-refractivity contribution >= 4 is 0 Å². The Hall–Kier alpha value is -0.960. The summed E-state index contributed by atoms with van der Waals surface area (Å²) >= 11 is 0. The van der Waals surface area contributed by atoms with E-state index in [1.165, 1.54) is 0 Å². The van der Waals surface area contributed by atoms with Gasteiger partial charge in [-0.1, -0.05) is 13.8 Å². The summed E-state index contributed by atoms with van der Waals surface area (Å²) in [6.45, 7) is 4.00. The van der Waals surface area contributed by atoms with E-state index in [4.69, 9.17) is 0 Å². The molecule has 78 valence electrons. The van der Waals surface area contributed by atoms with Gasteiger partial charge in [-0.2, -0.15) is 0 Å². The standard InChI is InChI=1S/C9H8F2O.C2H6/c10-6-1-2-8(11)7(5-6)9(12)3-4-9;1-2/h1-2,5,12H,3-4H2;1-2H3. The minimum atomic E-state index is -1.09. The molecule has 0 aliphatic heterocycles. The summed E-state index contributed by atoms with van der Waals surface area (Å²) in [7, 11) is 0. The molecule has 0 bridgehead atoms. The molecule has 1 aliphatic carbocycles. The summed E-state index contributed by atoms with van der Waals surface area (Å²) in [5, 5.41) is 9.50. The molecule has 1 fully saturated rings. The first-order chi connectivity index (χ1) is 6.62. The van der Waals surface area contributed by atoms with Crippen LogP contribution in [0.4, 0.5) is 8.78 Å². The minimum Gasteiger partial charge on any atom is -0.385 e. The van der Waals surface area contributed by atoms with Crippen molar-refractivity contribution in [3.63, 3.8) is 0 Å². The smallest absolute Gasteiger partial charge is 0.129 e. The summed E-state index contributed by atoms with van der Waals surface area (Å²) in [4.78, 5) is 0. The van der Waals surface area contributed by atoms with Crippen molar-refractivity contribution in [1.29, 1.82) is 0 Å². The normalized spacial score (nSPS) is 16.9. The minimum absolute atomic E-state index is 0.0856. The molecule has 0 saturated heterocycles. The van der Waals surface area contributed by atoms with Gasteiger partial charge in [0.1, 0.15) is 11.6 Å². The monoisotopic (exact) mass is 200 g/mol. The quantitative estimate of drug-likeness (QED) is 0.738. The van der Waals surface area contributed by atoms with Crippen LogP contribution < -0.4 is 0 Å². The summed E-state index contributed by atoms with van der Waals surface area (Å²) in [6.07, 6.45) is 1.04. The van der Waals surface area contributed by atoms with Gasteiger partial charge >= 0.3 is 0 Å².